The number of aliphatic carboxylic acids is 1. The first-order valence-electron chi connectivity index (χ1n) is 7.31. The van der Waals surface area contributed by atoms with Gasteiger partial charge in [-0.05, 0) is 35.7 Å². The lowest BCUT2D eigenvalue weighted by Crippen LogP contribution is -2.50. The summed E-state index contributed by atoms with van der Waals surface area (Å²) in [6.07, 6.45) is 1.98. The van der Waals surface area contributed by atoms with Gasteiger partial charge in [0, 0.05) is 12.0 Å². The molecule has 1 aliphatic rings. The first-order chi connectivity index (χ1) is 11.6. The van der Waals surface area contributed by atoms with E-state index < -0.39 is 16.7 Å². The first-order valence-corrected chi connectivity index (χ1v) is 8.19. The smallest absolute Gasteiger partial charge is 0.340 e. The van der Waals surface area contributed by atoms with Gasteiger partial charge in [0.1, 0.15) is 11.5 Å². The van der Waals surface area contributed by atoms with Crippen molar-refractivity contribution in [1.29, 1.82) is 0 Å². The minimum atomic E-state index is -1.34. The van der Waals surface area contributed by atoms with Gasteiger partial charge in [0.2, 0.25) is 0 Å². The maximum absolute atomic E-state index is 12.4. The maximum atomic E-state index is 12.4. The molecule has 2 N–H and O–H groups in total. The Morgan fingerprint density at radius 1 is 1.08 bits per heavy atom. The van der Waals surface area contributed by atoms with E-state index in [9.17, 15) is 14.7 Å². The van der Waals surface area contributed by atoms with Crippen molar-refractivity contribution in [3.8, 4) is 11.5 Å². The molecule has 122 valence electrons. The molecule has 1 atom stereocenters. The molecule has 24 heavy (non-hydrogen) atoms. The van der Waals surface area contributed by atoms with Gasteiger partial charge in [0.25, 0.3) is 5.91 Å². The van der Waals surface area contributed by atoms with E-state index in [0.29, 0.717) is 17.1 Å². The van der Waals surface area contributed by atoms with E-state index in [1.165, 1.54) is 0 Å². The van der Waals surface area contributed by atoms with Crippen molar-refractivity contribution in [1.82, 2.24) is 5.32 Å². The van der Waals surface area contributed by atoms with Crippen LogP contribution in [0.1, 0.15) is 16.8 Å². The van der Waals surface area contributed by atoms with E-state index >= 15 is 0 Å². The molecule has 0 spiro atoms. The molecule has 0 saturated carbocycles. The molecule has 1 amide bonds. The van der Waals surface area contributed by atoms with Crippen LogP contribution < -0.4 is 10.1 Å². The largest absolute Gasteiger partial charge is 0.479 e. The monoisotopic (exact) mass is 341 g/mol. The summed E-state index contributed by atoms with van der Waals surface area (Å²) in [7, 11) is 0. The lowest BCUT2D eigenvalue weighted by atomic mass is 10.1. The molecule has 0 bridgehead atoms. The highest BCUT2D eigenvalue weighted by atomic mass is 32.2. The summed E-state index contributed by atoms with van der Waals surface area (Å²) >= 11 is 1.08. The summed E-state index contributed by atoms with van der Waals surface area (Å²) in [6.45, 7) is 0. The molecule has 0 aromatic heterocycles. The molecule has 3 rings (SSSR count). The Morgan fingerprint density at radius 2 is 1.83 bits per heavy atom. The van der Waals surface area contributed by atoms with Crippen LogP contribution in [0.4, 0.5) is 0 Å². The zero-order valence-electron chi connectivity index (χ0n) is 12.6. The third-order valence-corrected chi connectivity index (χ3v) is 4.68. The number of carbonyl (C=O) groups excluding carboxylic acids is 1. The summed E-state index contributed by atoms with van der Waals surface area (Å²) in [5, 5.41) is 13.7. The van der Waals surface area contributed by atoms with Crippen molar-refractivity contribution in [2.75, 3.05) is 0 Å². The molecule has 2 aromatic rings. The molecule has 1 heterocycles. The number of benzene rings is 2. The van der Waals surface area contributed by atoms with Gasteiger partial charge in [0.15, 0.2) is 4.87 Å². The Kier molecular flexibility index (Phi) is 4.57. The Balaban J connectivity index is 1.76. The van der Waals surface area contributed by atoms with Gasteiger partial charge in [-0.1, -0.05) is 42.1 Å². The van der Waals surface area contributed by atoms with Crippen molar-refractivity contribution in [2.45, 2.75) is 11.3 Å². The number of para-hydroxylation sites is 1. The third kappa shape index (κ3) is 3.44. The molecule has 0 saturated heterocycles. The van der Waals surface area contributed by atoms with Gasteiger partial charge in [-0.3, -0.25) is 4.79 Å². The normalized spacial score (nSPS) is 19.0. The highest BCUT2D eigenvalue weighted by Crippen LogP contribution is 2.34. The van der Waals surface area contributed by atoms with Gasteiger partial charge in [0.05, 0.1) is 0 Å². The van der Waals surface area contributed by atoms with E-state index in [0.717, 1.165) is 11.8 Å². The van der Waals surface area contributed by atoms with Crippen LogP contribution in [0.25, 0.3) is 0 Å². The van der Waals surface area contributed by atoms with E-state index in [2.05, 4.69) is 5.32 Å². The summed E-state index contributed by atoms with van der Waals surface area (Å²) in [5.41, 5.74) is 0.344. The van der Waals surface area contributed by atoms with Crippen LogP contribution in [0.5, 0.6) is 11.5 Å². The number of nitrogens with one attached hydrogen (secondary N) is 1. The SMILES string of the molecule is O=C(NC1(C(=O)O)CC=CS1)c1cccc(Oc2ccccc2)c1. The van der Waals surface area contributed by atoms with E-state index in [-0.39, 0.29) is 6.42 Å². The van der Waals surface area contributed by atoms with Crippen LogP contribution in [-0.2, 0) is 4.79 Å². The molecule has 2 aromatic carbocycles. The van der Waals surface area contributed by atoms with Crippen LogP contribution >= 0.6 is 11.8 Å². The number of carboxylic acids is 1. The quantitative estimate of drug-likeness (QED) is 0.868. The molecule has 1 aliphatic heterocycles. The highest BCUT2D eigenvalue weighted by molar-refractivity contribution is 8.04. The fourth-order valence-electron chi connectivity index (χ4n) is 2.28. The number of carbonyl (C=O) groups is 2. The summed E-state index contributed by atoms with van der Waals surface area (Å²) in [6, 6.07) is 15.9. The molecule has 1 unspecified atom stereocenters. The van der Waals surface area contributed by atoms with Crippen molar-refractivity contribution >= 4 is 23.6 Å². The minimum Gasteiger partial charge on any atom is -0.479 e. The van der Waals surface area contributed by atoms with Gasteiger partial charge < -0.3 is 15.2 Å². The summed E-state index contributed by atoms with van der Waals surface area (Å²) < 4.78 is 5.70. The second-order valence-corrected chi connectivity index (χ2v) is 6.43. The van der Waals surface area contributed by atoms with Crippen molar-refractivity contribution in [3.63, 3.8) is 0 Å². The van der Waals surface area contributed by atoms with Crippen LogP contribution in [0, 0.1) is 0 Å². The Labute approximate surface area is 143 Å². The molecule has 6 heteroatoms. The molecule has 0 fully saturated rings. The second kappa shape index (κ2) is 6.80. The molecule has 0 radical (unpaired) electrons. The Morgan fingerprint density at radius 3 is 2.50 bits per heavy atom. The zero-order valence-corrected chi connectivity index (χ0v) is 13.5. The standard InChI is InChI=1S/C18H15NO4S/c20-16(19-18(17(21)22)10-5-11-24-18)13-6-4-9-15(12-13)23-14-7-2-1-3-8-14/h1-9,11-12H,10H2,(H,19,20)(H,21,22). The van der Waals surface area contributed by atoms with Crippen LogP contribution in [-0.4, -0.2) is 21.9 Å². The lowest BCUT2D eigenvalue weighted by molar-refractivity contribution is -0.140. The van der Waals surface area contributed by atoms with Crippen molar-refractivity contribution in [3.05, 3.63) is 71.6 Å². The predicted octanol–water partition coefficient (Wildman–Crippen LogP) is 3.64. The zero-order chi connectivity index (χ0) is 17.0. The molecular weight excluding hydrogens is 326 g/mol. The number of hydrogen-bond donors (Lipinski definition) is 2. The van der Waals surface area contributed by atoms with Gasteiger partial charge >= 0.3 is 5.97 Å². The van der Waals surface area contributed by atoms with E-state index in [1.807, 2.05) is 30.3 Å². The fourth-order valence-corrected chi connectivity index (χ4v) is 3.15. The number of thioether (sulfide) groups is 1. The number of amides is 1. The Bertz CT molecular complexity index is 781. The average molecular weight is 341 g/mol. The molecular formula is C18H15NO4S. The van der Waals surface area contributed by atoms with Crippen LogP contribution in [0.15, 0.2) is 66.1 Å². The highest BCUT2D eigenvalue weighted by Gasteiger charge is 2.41. The summed E-state index contributed by atoms with van der Waals surface area (Å²) in [5.74, 6) is -0.349. The molecule has 0 aliphatic carbocycles. The van der Waals surface area contributed by atoms with Crippen LogP contribution in [0.2, 0.25) is 0 Å². The van der Waals surface area contributed by atoms with E-state index in [1.54, 1.807) is 35.7 Å². The minimum absolute atomic E-state index is 0.249. The molecule has 5 nitrogen and oxygen atoms in total. The number of hydrogen-bond acceptors (Lipinski definition) is 4. The average Bonchev–Trinajstić information content (AvgIpc) is 3.06. The van der Waals surface area contributed by atoms with Gasteiger partial charge in [-0.15, -0.1) is 0 Å². The predicted molar refractivity (Wildman–Crippen MR) is 92.1 cm³/mol. The van der Waals surface area contributed by atoms with Crippen molar-refractivity contribution in [2.24, 2.45) is 0 Å². The maximum Gasteiger partial charge on any atom is 0.340 e. The number of rotatable bonds is 5. The van der Waals surface area contributed by atoms with E-state index in [4.69, 9.17) is 4.74 Å². The van der Waals surface area contributed by atoms with Gasteiger partial charge in [-0.2, -0.15) is 0 Å². The van der Waals surface area contributed by atoms with Gasteiger partial charge in [-0.25, -0.2) is 4.79 Å². The first kappa shape index (κ1) is 16.1. The number of carboxylic acid groups (broad SMARTS) is 1. The fraction of sp³-hybridized carbons (Fsp3) is 0.111. The second-order valence-electron chi connectivity index (χ2n) is 5.22. The lowest BCUT2D eigenvalue weighted by Gasteiger charge is -2.24. The van der Waals surface area contributed by atoms with Crippen LogP contribution in [0.3, 0.4) is 0 Å². The topological polar surface area (TPSA) is 75.6 Å². The third-order valence-electron chi connectivity index (χ3n) is 3.51. The van der Waals surface area contributed by atoms with Crippen molar-refractivity contribution < 1.29 is 19.4 Å². The summed E-state index contributed by atoms with van der Waals surface area (Å²) in [4.78, 5) is 22.6. The Hall–Kier alpha value is -2.73. The number of ether oxygens (including phenoxy) is 1.